The van der Waals surface area contributed by atoms with Gasteiger partial charge in [0.25, 0.3) is 0 Å². The molecule has 0 radical (unpaired) electrons. The maximum Gasteiger partial charge on any atom is 0.322 e. The fourth-order valence-corrected chi connectivity index (χ4v) is 3.49. The van der Waals surface area contributed by atoms with E-state index < -0.39 is 10.1 Å². The van der Waals surface area contributed by atoms with Gasteiger partial charge in [-0.1, -0.05) is 26.0 Å². The first-order valence-electron chi connectivity index (χ1n) is 8.84. The van der Waals surface area contributed by atoms with Crippen molar-refractivity contribution in [3.8, 4) is 5.75 Å². The molecule has 0 aliphatic heterocycles. The lowest BCUT2D eigenvalue weighted by molar-refractivity contribution is 0.201. The van der Waals surface area contributed by atoms with Crippen molar-refractivity contribution in [2.24, 2.45) is 5.92 Å². The molecular weight excluding hydrogens is 396 g/mol. The molecule has 0 unspecified atom stereocenters. The van der Waals surface area contributed by atoms with E-state index in [0.717, 1.165) is 22.4 Å². The van der Waals surface area contributed by atoms with Gasteiger partial charge in [-0.3, -0.25) is 0 Å². The topological polar surface area (TPSA) is 75.7 Å². The van der Waals surface area contributed by atoms with Crippen molar-refractivity contribution in [1.82, 2.24) is 4.90 Å². The van der Waals surface area contributed by atoms with Gasteiger partial charge in [0.2, 0.25) is 0 Å². The van der Waals surface area contributed by atoms with E-state index in [9.17, 15) is 13.2 Å². The first kappa shape index (κ1) is 22.1. The Bertz CT molecular complexity index is 897. The number of hydrogen-bond acceptors (Lipinski definition) is 5. The monoisotopic (exact) mass is 422 g/mol. The number of thioether (sulfide) groups is 1. The number of nitrogens with zero attached hydrogens (tertiary/aromatic N) is 1. The lowest BCUT2D eigenvalue weighted by Gasteiger charge is -2.25. The van der Waals surface area contributed by atoms with Gasteiger partial charge in [-0.15, -0.1) is 11.8 Å². The number of carbonyl (C=O) groups excluding carboxylic acids is 1. The van der Waals surface area contributed by atoms with Gasteiger partial charge in [0.1, 0.15) is 5.75 Å². The van der Waals surface area contributed by atoms with Crippen LogP contribution in [0.2, 0.25) is 0 Å². The Morgan fingerprint density at radius 1 is 1.18 bits per heavy atom. The summed E-state index contributed by atoms with van der Waals surface area (Å²) >= 11 is 1.64. The highest BCUT2D eigenvalue weighted by Crippen LogP contribution is 2.20. The van der Waals surface area contributed by atoms with Crippen LogP contribution in [0.1, 0.15) is 19.4 Å². The van der Waals surface area contributed by atoms with Crippen molar-refractivity contribution in [2.75, 3.05) is 24.4 Å². The molecule has 0 aliphatic carbocycles. The SMILES string of the molecule is CSc1ccc(NC(=O)N(Cc2cccc(OS(C)(=O)=O)c2)CC(C)C)cc1. The molecule has 2 rings (SSSR count). The highest BCUT2D eigenvalue weighted by Gasteiger charge is 2.16. The molecule has 0 heterocycles. The van der Waals surface area contributed by atoms with Crippen molar-refractivity contribution in [1.29, 1.82) is 0 Å². The molecule has 0 fully saturated rings. The Labute approximate surface area is 171 Å². The average molecular weight is 423 g/mol. The standard InChI is InChI=1S/C20H26N2O4S2/c1-15(2)13-22(20(23)21-17-8-10-19(27-3)11-9-17)14-16-6-5-7-18(12-16)26-28(4,24)25/h5-12,15H,13-14H2,1-4H3,(H,21,23). The van der Waals surface area contributed by atoms with Crippen LogP contribution < -0.4 is 9.50 Å². The average Bonchev–Trinajstić information content (AvgIpc) is 2.60. The van der Waals surface area contributed by atoms with E-state index in [1.54, 1.807) is 34.9 Å². The second-order valence-electron chi connectivity index (χ2n) is 6.87. The molecule has 0 aliphatic rings. The van der Waals surface area contributed by atoms with Crippen LogP contribution >= 0.6 is 11.8 Å². The first-order chi connectivity index (χ1) is 13.2. The van der Waals surface area contributed by atoms with Crippen LogP contribution in [0.25, 0.3) is 0 Å². The van der Waals surface area contributed by atoms with Crippen LogP contribution in [0.5, 0.6) is 5.75 Å². The van der Waals surface area contributed by atoms with Crippen LogP contribution in [-0.4, -0.2) is 38.4 Å². The third kappa shape index (κ3) is 7.44. The normalized spacial score (nSPS) is 11.3. The fraction of sp³-hybridized carbons (Fsp3) is 0.350. The van der Waals surface area contributed by atoms with Gasteiger partial charge >= 0.3 is 16.1 Å². The lowest BCUT2D eigenvalue weighted by Crippen LogP contribution is -2.37. The van der Waals surface area contributed by atoms with Crippen LogP contribution in [0.3, 0.4) is 0 Å². The van der Waals surface area contributed by atoms with Crippen LogP contribution in [-0.2, 0) is 16.7 Å². The summed E-state index contributed by atoms with van der Waals surface area (Å²) in [6, 6.07) is 14.2. The maximum atomic E-state index is 12.8. The summed E-state index contributed by atoms with van der Waals surface area (Å²) in [4.78, 5) is 15.6. The van der Waals surface area contributed by atoms with Crippen LogP contribution in [0, 0.1) is 5.92 Å². The molecule has 0 spiro atoms. The van der Waals surface area contributed by atoms with Gasteiger partial charge in [0, 0.05) is 23.7 Å². The lowest BCUT2D eigenvalue weighted by atomic mass is 10.1. The minimum Gasteiger partial charge on any atom is -0.383 e. The number of urea groups is 1. The molecule has 2 amide bonds. The molecule has 152 valence electrons. The molecule has 8 heteroatoms. The number of benzene rings is 2. The van der Waals surface area contributed by atoms with E-state index >= 15 is 0 Å². The molecule has 28 heavy (non-hydrogen) atoms. The summed E-state index contributed by atoms with van der Waals surface area (Å²) in [5.74, 6) is 0.512. The molecule has 0 saturated carbocycles. The Balaban J connectivity index is 2.14. The highest BCUT2D eigenvalue weighted by atomic mass is 32.2. The van der Waals surface area contributed by atoms with E-state index in [1.165, 1.54) is 0 Å². The van der Waals surface area contributed by atoms with Crippen LogP contribution in [0.15, 0.2) is 53.4 Å². The predicted molar refractivity (Wildman–Crippen MR) is 114 cm³/mol. The fourth-order valence-electron chi connectivity index (χ4n) is 2.63. The van der Waals surface area contributed by atoms with Crippen molar-refractivity contribution >= 4 is 33.6 Å². The van der Waals surface area contributed by atoms with Crippen molar-refractivity contribution in [3.05, 3.63) is 54.1 Å². The summed E-state index contributed by atoms with van der Waals surface area (Å²) in [5, 5.41) is 2.92. The quantitative estimate of drug-likeness (QED) is 0.503. The van der Waals surface area contributed by atoms with E-state index in [1.807, 2.05) is 50.4 Å². The molecule has 2 aromatic rings. The summed E-state index contributed by atoms with van der Waals surface area (Å²) < 4.78 is 27.6. The summed E-state index contributed by atoms with van der Waals surface area (Å²) in [6.07, 6.45) is 3.00. The Morgan fingerprint density at radius 2 is 1.86 bits per heavy atom. The molecule has 2 aromatic carbocycles. The van der Waals surface area contributed by atoms with Gasteiger partial charge in [0.15, 0.2) is 0 Å². The highest BCUT2D eigenvalue weighted by molar-refractivity contribution is 7.98. The molecule has 0 atom stereocenters. The zero-order valence-corrected chi connectivity index (χ0v) is 18.1. The van der Waals surface area contributed by atoms with Gasteiger partial charge < -0.3 is 14.4 Å². The zero-order chi connectivity index (χ0) is 20.7. The summed E-state index contributed by atoms with van der Waals surface area (Å²) in [6.45, 7) is 4.98. The number of hydrogen-bond donors (Lipinski definition) is 1. The van der Waals surface area contributed by atoms with Crippen molar-refractivity contribution in [2.45, 2.75) is 25.3 Å². The first-order valence-corrected chi connectivity index (χ1v) is 11.9. The molecule has 0 saturated heterocycles. The van der Waals surface area contributed by atoms with E-state index in [4.69, 9.17) is 4.18 Å². The number of carbonyl (C=O) groups is 1. The van der Waals surface area contributed by atoms with Crippen LogP contribution in [0.4, 0.5) is 10.5 Å². The van der Waals surface area contributed by atoms with E-state index in [-0.39, 0.29) is 17.7 Å². The molecule has 0 aromatic heterocycles. The summed E-state index contributed by atoms with van der Waals surface area (Å²) in [7, 11) is -3.60. The second kappa shape index (κ2) is 9.84. The largest absolute Gasteiger partial charge is 0.383 e. The van der Waals surface area contributed by atoms with Gasteiger partial charge in [-0.2, -0.15) is 8.42 Å². The molecule has 6 nitrogen and oxygen atoms in total. The Morgan fingerprint density at radius 3 is 2.43 bits per heavy atom. The second-order valence-corrected chi connectivity index (χ2v) is 9.32. The van der Waals surface area contributed by atoms with Crippen molar-refractivity contribution < 1.29 is 17.4 Å². The number of anilines is 1. The smallest absolute Gasteiger partial charge is 0.322 e. The Hall–Kier alpha value is -2.19. The minimum absolute atomic E-state index is 0.208. The minimum atomic E-state index is -3.60. The van der Waals surface area contributed by atoms with Crippen molar-refractivity contribution in [3.63, 3.8) is 0 Å². The molecule has 1 N–H and O–H groups in total. The Kier molecular flexibility index (Phi) is 7.77. The van der Waals surface area contributed by atoms with E-state index in [2.05, 4.69) is 5.32 Å². The van der Waals surface area contributed by atoms with Gasteiger partial charge in [-0.25, -0.2) is 4.79 Å². The van der Waals surface area contributed by atoms with E-state index in [0.29, 0.717) is 13.1 Å². The third-order valence-electron chi connectivity index (χ3n) is 3.73. The predicted octanol–water partition coefficient (Wildman–Crippen LogP) is 4.44. The van der Waals surface area contributed by atoms with Gasteiger partial charge in [0.05, 0.1) is 6.26 Å². The zero-order valence-electron chi connectivity index (χ0n) is 16.5. The number of rotatable bonds is 8. The number of amides is 2. The molecule has 0 bridgehead atoms. The number of nitrogens with one attached hydrogen (secondary N) is 1. The van der Waals surface area contributed by atoms with Gasteiger partial charge in [-0.05, 0) is 54.1 Å². The third-order valence-corrected chi connectivity index (χ3v) is 4.97. The molecular formula is C20H26N2O4S2. The maximum absolute atomic E-state index is 12.8. The summed E-state index contributed by atoms with van der Waals surface area (Å²) in [5.41, 5.74) is 1.51.